The molecule has 1 amide bonds. The summed E-state index contributed by atoms with van der Waals surface area (Å²) in [6, 6.07) is 11.2. The summed E-state index contributed by atoms with van der Waals surface area (Å²) in [5.41, 5.74) is 7.77. The molecule has 0 saturated carbocycles. The van der Waals surface area contributed by atoms with E-state index in [0.717, 1.165) is 17.3 Å². The monoisotopic (exact) mass is 478 g/mol. The molecule has 10 heteroatoms. The minimum Gasteiger partial charge on any atom is -0.493 e. The van der Waals surface area contributed by atoms with Gasteiger partial charge in [-0.05, 0) is 24.6 Å². The van der Waals surface area contributed by atoms with Gasteiger partial charge < -0.3 is 30.0 Å². The predicted octanol–water partition coefficient (Wildman–Crippen LogP) is 3.59. The number of nitrogens with two attached hydrogens (primary N) is 1. The van der Waals surface area contributed by atoms with Gasteiger partial charge in [0.15, 0.2) is 17.3 Å². The molecule has 5 rings (SSSR count). The van der Waals surface area contributed by atoms with E-state index < -0.39 is 5.82 Å². The van der Waals surface area contributed by atoms with Crippen LogP contribution in [0.2, 0.25) is 0 Å². The molecule has 0 bridgehead atoms. The van der Waals surface area contributed by atoms with Gasteiger partial charge in [-0.25, -0.2) is 9.37 Å². The Kier molecular flexibility index (Phi) is 5.80. The lowest BCUT2D eigenvalue weighted by molar-refractivity contribution is 0.0715. The standard InChI is InChI=1S/C25H27FN6O3/c1-4-15-13-31(24(33)18-11-14-7-5-6-8-17(14)28-18)9-10-32(15)25-29-21-16(23(27)30-25)12-19(34-2)22(35-3)20(21)26/h5-8,11-12,15,28H,4,9-10,13H2,1-3H3,(H2,27,29,30). The molecule has 1 unspecified atom stereocenters. The second kappa shape index (κ2) is 8.94. The second-order valence-electron chi connectivity index (χ2n) is 8.51. The number of hydrogen-bond donors (Lipinski definition) is 2. The summed E-state index contributed by atoms with van der Waals surface area (Å²) in [7, 11) is 2.80. The number of benzene rings is 2. The zero-order chi connectivity index (χ0) is 24.7. The lowest BCUT2D eigenvalue weighted by atomic mass is 10.1. The van der Waals surface area contributed by atoms with Crippen molar-refractivity contribution in [2.45, 2.75) is 19.4 Å². The summed E-state index contributed by atoms with van der Waals surface area (Å²) in [6.07, 6.45) is 0.742. The van der Waals surface area contributed by atoms with Crippen molar-refractivity contribution in [3.8, 4) is 11.5 Å². The molecular weight excluding hydrogens is 451 g/mol. The number of methoxy groups -OCH3 is 2. The van der Waals surface area contributed by atoms with Crippen LogP contribution < -0.4 is 20.1 Å². The van der Waals surface area contributed by atoms with Gasteiger partial charge in [0.1, 0.15) is 17.0 Å². The van der Waals surface area contributed by atoms with Crippen molar-refractivity contribution in [2.75, 3.05) is 44.5 Å². The summed E-state index contributed by atoms with van der Waals surface area (Å²) in [5.74, 6) is -0.0538. The average Bonchev–Trinajstić information content (AvgIpc) is 3.32. The molecule has 1 aliphatic heterocycles. The Bertz CT molecular complexity index is 1390. The lowest BCUT2D eigenvalue weighted by Gasteiger charge is -2.41. The summed E-state index contributed by atoms with van der Waals surface area (Å²) < 4.78 is 25.7. The van der Waals surface area contributed by atoms with Crippen LogP contribution in [0.3, 0.4) is 0 Å². The molecule has 0 spiro atoms. The number of anilines is 2. The maximum Gasteiger partial charge on any atom is 0.270 e. The molecule has 35 heavy (non-hydrogen) atoms. The highest BCUT2D eigenvalue weighted by atomic mass is 19.1. The van der Waals surface area contributed by atoms with Crippen molar-refractivity contribution in [2.24, 2.45) is 0 Å². The summed E-state index contributed by atoms with van der Waals surface area (Å²) in [6.45, 7) is 3.48. The van der Waals surface area contributed by atoms with Crippen LogP contribution in [0.15, 0.2) is 36.4 Å². The van der Waals surface area contributed by atoms with Crippen molar-refractivity contribution in [1.82, 2.24) is 19.9 Å². The number of nitrogens with zero attached hydrogens (tertiary/aromatic N) is 4. The predicted molar refractivity (Wildman–Crippen MR) is 133 cm³/mol. The molecule has 1 atom stereocenters. The van der Waals surface area contributed by atoms with Crippen LogP contribution >= 0.6 is 0 Å². The van der Waals surface area contributed by atoms with Gasteiger partial charge >= 0.3 is 0 Å². The van der Waals surface area contributed by atoms with Crippen LogP contribution in [0.5, 0.6) is 11.5 Å². The number of carbonyl (C=O) groups is 1. The fourth-order valence-electron chi connectivity index (χ4n) is 4.68. The fourth-order valence-corrected chi connectivity index (χ4v) is 4.68. The zero-order valence-electron chi connectivity index (χ0n) is 19.8. The number of rotatable bonds is 5. The number of amides is 1. The molecule has 1 saturated heterocycles. The minimum atomic E-state index is -0.655. The van der Waals surface area contributed by atoms with Crippen LogP contribution in [-0.4, -0.2) is 65.7 Å². The maximum atomic E-state index is 15.2. The average molecular weight is 479 g/mol. The first-order valence-electron chi connectivity index (χ1n) is 11.5. The topological polar surface area (TPSA) is 110 Å². The third-order valence-electron chi connectivity index (χ3n) is 6.55. The number of aromatic nitrogens is 3. The Morgan fingerprint density at radius 2 is 2.00 bits per heavy atom. The van der Waals surface area contributed by atoms with Crippen LogP contribution in [-0.2, 0) is 0 Å². The first-order chi connectivity index (χ1) is 16.9. The number of ether oxygens (including phenoxy) is 2. The third kappa shape index (κ3) is 3.84. The number of fused-ring (bicyclic) bond motifs is 2. The molecule has 3 N–H and O–H groups in total. The molecule has 4 aromatic rings. The van der Waals surface area contributed by atoms with E-state index in [2.05, 4.69) is 15.0 Å². The Labute approximate surface area is 201 Å². The van der Waals surface area contributed by atoms with Gasteiger partial charge in [0, 0.05) is 42.0 Å². The van der Waals surface area contributed by atoms with Gasteiger partial charge in [-0.1, -0.05) is 25.1 Å². The Balaban J connectivity index is 1.44. The van der Waals surface area contributed by atoms with Crippen LogP contribution in [0.4, 0.5) is 16.2 Å². The number of nitrogens with one attached hydrogen (secondary N) is 1. The first kappa shape index (κ1) is 22.7. The van der Waals surface area contributed by atoms with E-state index in [4.69, 9.17) is 15.2 Å². The van der Waals surface area contributed by atoms with Crippen molar-refractivity contribution < 1.29 is 18.7 Å². The highest BCUT2D eigenvalue weighted by Gasteiger charge is 2.32. The quantitative estimate of drug-likeness (QED) is 0.451. The number of piperazine rings is 1. The van der Waals surface area contributed by atoms with E-state index in [-0.39, 0.29) is 34.8 Å². The molecular formula is C25H27FN6O3. The molecule has 2 aromatic carbocycles. The fraction of sp³-hybridized carbons (Fsp3) is 0.320. The maximum absolute atomic E-state index is 15.2. The molecule has 0 aliphatic carbocycles. The number of para-hydroxylation sites is 1. The van der Waals surface area contributed by atoms with Gasteiger partial charge in [-0.2, -0.15) is 4.98 Å². The number of halogens is 1. The highest BCUT2D eigenvalue weighted by Crippen LogP contribution is 2.38. The largest absolute Gasteiger partial charge is 0.493 e. The van der Waals surface area contributed by atoms with Gasteiger partial charge in [-0.15, -0.1) is 0 Å². The molecule has 0 radical (unpaired) electrons. The summed E-state index contributed by atoms with van der Waals surface area (Å²) in [4.78, 5) is 29.2. The minimum absolute atomic E-state index is 0.0372. The normalized spacial score (nSPS) is 16.2. The van der Waals surface area contributed by atoms with Crippen molar-refractivity contribution in [1.29, 1.82) is 0 Å². The number of H-pyrrole nitrogens is 1. The van der Waals surface area contributed by atoms with Crippen LogP contribution in [0.1, 0.15) is 23.8 Å². The first-order valence-corrected chi connectivity index (χ1v) is 11.5. The van der Waals surface area contributed by atoms with E-state index >= 15 is 4.39 Å². The molecule has 1 fully saturated rings. The third-order valence-corrected chi connectivity index (χ3v) is 6.55. The Morgan fingerprint density at radius 1 is 1.20 bits per heavy atom. The van der Waals surface area contributed by atoms with E-state index in [1.54, 1.807) is 6.07 Å². The SMILES string of the molecule is CCC1CN(C(=O)c2cc3ccccc3[nH]2)CCN1c1nc(N)c2cc(OC)c(OC)c(F)c2n1. The zero-order valence-corrected chi connectivity index (χ0v) is 19.8. The number of carbonyl (C=O) groups excluding carboxylic acids is 1. The van der Waals surface area contributed by atoms with Crippen LogP contribution in [0, 0.1) is 5.82 Å². The van der Waals surface area contributed by atoms with E-state index in [9.17, 15) is 4.79 Å². The molecule has 1 aliphatic rings. The Morgan fingerprint density at radius 3 is 2.71 bits per heavy atom. The second-order valence-corrected chi connectivity index (χ2v) is 8.51. The van der Waals surface area contributed by atoms with Gasteiger partial charge in [0.05, 0.1) is 14.2 Å². The highest BCUT2D eigenvalue weighted by molar-refractivity contribution is 5.98. The van der Waals surface area contributed by atoms with Gasteiger partial charge in [0.2, 0.25) is 5.95 Å². The molecule has 3 heterocycles. The van der Waals surface area contributed by atoms with Crippen molar-refractivity contribution >= 4 is 39.5 Å². The van der Waals surface area contributed by atoms with E-state index in [1.807, 2.05) is 47.1 Å². The Hall–Kier alpha value is -4.08. The number of aromatic amines is 1. The molecule has 9 nitrogen and oxygen atoms in total. The summed E-state index contributed by atoms with van der Waals surface area (Å²) in [5, 5.41) is 1.35. The van der Waals surface area contributed by atoms with Crippen LogP contribution in [0.25, 0.3) is 21.8 Å². The van der Waals surface area contributed by atoms with Crippen molar-refractivity contribution in [3.63, 3.8) is 0 Å². The van der Waals surface area contributed by atoms with E-state index in [0.29, 0.717) is 36.7 Å². The number of hydrogen-bond acceptors (Lipinski definition) is 7. The molecule has 2 aromatic heterocycles. The van der Waals surface area contributed by atoms with E-state index in [1.165, 1.54) is 14.2 Å². The number of nitrogen functional groups attached to an aromatic ring is 1. The molecule has 182 valence electrons. The smallest absolute Gasteiger partial charge is 0.270 e. The van der Waals surface area contributed by atoms with Crippen molar-refractivity contribution in [3.05, 3.63) is 47.9 Å². The van der Waals surface area contributed by atoms with Gasteiger partial charge in [0.25, 0.3) is 5.91 Å². The summed E-state index contributed by atoms with van der Waals surface area (Å²) >= 11 is 0. The van der Waals surface area contributed by atoms with Gasteiger partial charge in [-0.3, -0.25) is 4.79 Å². The lowest BCUT2D eigenvalue weighted by Crippen LogP contribution is -2.55.